The molecule has 0 bridgehead atoms. The highest BCUT2D eigenvalue weighted by Gasteiger charge is 2.28. The molecular weight excluding hydrogens is 316 g/mol. The number of hydrogen-bond acceptors (Lipinski definition) is 4. The second-order valence-electron chi connectivity index (χ2n) is 4.96. The zero-order chi connectivity index (χ0) is 13.3. The van der Waals surface area contributed by atoms with Crippen molar-refractivity contribution in [2.24, 2.45) is 0 Å². The van der Waals surface area contributed by atoms with Crippen LogP contribution in [0.3, 0.4) is 0 Å². The number of ether oxygens (including phenoxy) is 1. The Kier molecular flexibility index (Phi) is 3.87. The maximum Gasteiger partial charge on any atom is 0.414 e. The van der Waals surface area contributed by atoms with E-state index < -0.39 is 5.60 Å². The molecule has 0 spiro atoms. The Labute approximate surface area is 119 Å². The predicted molar refractivity (Wildman–Crippen MR) is 76.2 cm³/mol. The summed E-state index contributed by atoms with van der Waals surface area (Å²) in [5.41, 5.74) is 0.330. The number of thioether (sulfide) groups is 1. The minimum absolute atomic E-state index is 0.316. The van der Waals surface area contributed by atoms with Gasteiger partial charge < -0.3 is 4.74 Å². The van der Waals surface area contributed by atoms with Gasteiger partial charge in [-0.25, -0.2) is 9.78 Å². The number of amides is 1. The lowest BCUT2D eigenvalue weighted by Crippen LogP contribution is -2.40. The van der Waals surface area contributed by atoms with Crippen molar-refractivity contribution in [1.82, 2.24) is 4.98 Å². The van der Waals surface area contributed by atoms with E-state index in [1.165, 1.54) is 0 Å². The summed E-state index contributed by atoms with van der Waals surface area (Å²) in [6.45, 7) is 6.24. The number of pyridine rings is 1. The van der Waals surface area contributed by atoms with Gasteiger partial charge in [-0.15, -0.1) is 11.8 Å². The zero-order valence-electron chi connectivity index (χ0n) is 10.6. The number of hydrogen-bond donors (Lipinski definition) is 0. The highest BCUT2D eigenvalue weighted by molar-refractivity contribution is 9.10. The lowest BCUT2D eigenvalue weighted by molar-refractivity contribution is 0.0581. The maximum absolute atomic E-state index is 12.1. The molecule has 2 heterocycles. The molecule has 0 unspecified atom stereocenters. The van der Waals surface area contributed by atoms with Crippen LogP contribution in [-0.2, 0) is 4.74 Å². The monoisotopic (exact) mass is 330 g/mol. The number of rotatable bonds is 0. The number of aromatic nitrogens is 1. The average molecular weight is 331 g/mol. The van der Waals surface area contributed by atoms with Crippen LogP contribution in [0.4, 0.5) is 10.5 Å². The molecule has 0 saturated carbocycles. The van der Waals surface area contributed by atoms with Crippen LogP contribution in [-0.4, -0.2) is 29.0 Å². The van der Waals surface area contributed by atoms with Crippen LogP contribution in [0.1, 0.15) is 20.8 Å². The Balaban J connectivity index is 2.27. The third-order valence-electron chi connectivity index (χ3n) is 2.26. The van der Waals surface area contributed by atoms with Crippen molar-refractivity contribution in [1.29, 1.82) is 0 Å². The van der Waals surface area contributed by atoms with E-state index in [1.807, 2.05) is 26.8 Å². The largest absolute Gasteiger partial charge is 0.443 e. The van der Waals surface area contributed by atoms with Crippen molar-refractivity contribution in [2.75, 3.05) is 17.2 Å². The van der Waals surface area contributed by atoms with Gasteiger partial charge in [0.25, 0.3) is 0 Å². The van der Waals surface area contributed by atoms with Crippen molar-refractivity contribution >= 4 is 39.5 Å². The van der Waals surface area contributed by atoms with Gasteiger partial charge in [-0.2, -0.15) is 0 Å². The quantitative estimate of drug-likeness (QED) is 0.727. The van der Waals surface area contributed by atoms with Crippen molar-refractivity contribution in [3.8, 4) is 0 Å². The lowest BCUT2D eigenvalue weighted by Gasteiger charge is -2.30. The van der Waals surface area contributed by atoms with Gasteiger partial charge in [0.05, 0.1) is 5.69 Å². The maximum atomic E-state index is 12.1. The normalized spacial score (nSPS) is 15.2. The summed E-state index contributed by atoms with van der Waals surface area (Å²) in [6.07, 6.45) is 1.42. The van der Waals surface area contributed by atoms with Gasteiger partial charge in [0.15, 0.2) is 0 Å². The molecule has 0 atom stereocenters. The van der Waals surface area contributed by atoms with E-state index in [-0.39, 0.29) is 6.09 Å². The van der Waals surface area contributed by atoms with Crippen LogP contribution in [0.5, 0.6) is 0 Å². The Morgan fingerprint density at radius 1 is 1.56 bits per heavy atom. The first kappa shape index (κ1) is 13.7. The Morgan fingerprint density at radius 3 is 2.94 bits per heavy atom. The summed E-state index contributed by atoms with van der Waals surface area (Å²) < 4.78 is 6.27. The summed E-state index contributed by atoms with van der Waals surface area (Å²) in [7, 11) is 0. The summed E-state index contributed by atoms with van der Waals surface area (Å²) in [5, 5.41) is 0.871. The lowest BCUT2D eigenvalue weighted by atomic mass is 10.2. The minimum Gasteiger partial charge on any atom is -0.443 e. The third kappa shape index (κ3) is 3.17. The van der Waals surface area contributed by atoms with Crippen LogP contribution < -0.4 is 4.90 Å². The first-order valence-corrected chi connectivity index (χ1v) is 7.43. The second-order valence-corrected chi connectivity index (χ2v) is 6.96. The zero-order valence-corrected chi connectivity index (χ0v) is 13.0. The predicted octanol–water partition coefficient (Wildman–Crippen LogP) is 3.69. The van der Waals surface area contributed by atoms with Gasteiger partial charge in [-0.3, -0.25) is 4.90 Å². The second kappa shape index (κ2) is 5.09. The smallest absolute Gasteiger partial charge is 0.414 e. The van der Waals surface area contributed by atoms with E-state index >= 15 is 0 Å². The Bertz CT molecular complexity index is 474. The van der Waals surface area contributed by atoms with Crippen molar-refractivity contribution in [3.05, 3.63) is 16.7 Å². The Hall–Kier alpha value is -0.750. The molecule has 0 fully saturated rings. The molecular formula is C12H15BrN2O2S. The molecule has 18 heavy (non-hydrogen) atoms. The molecule has 2 rings (SSSR count). The fourth-order valence-corrected chi connectivity index (χ4v) is 2.81. The van der Waals surface area contributed by atoms with E-state index in [0.717, 1.165) is 20.9 Å². The van der Waals surface area contributed by atoms with E-state index in [2.05, 4.69) is 20.9 Å². The number of fused-ring (bicyclic) bond motifs is 1. The van der Waals surface area contributed by atoms with E-state index in [0.29, 0.717) is 6.54 Å². The first-order chi connectivity index (χ1) is 8.37. The minimum atomic E-state index is -0.485. The highest BCUT2D eigenvalue weighted by atomic mass is 79.9. The number of halogens is 1. The molecule has 1 aromatic heterocycles. The number of anilines is 1. The summed E-state index contributed by atoms with van der Waals surface area (Å²) >= 11 is 5.03. The molecule has 1 amide bonds. The summed E-state index contributed by atoms with van der Waals surface area (Å²) in [4.78, 5) is 18.1. The fraction of sp³-hybridized carbons (Fsp3) is 0.500. The van der Waals surface area contributed by atoms with E-state index in [9.17, 15) is 4.79 Å². The van der Waals surface area contributed by atoms with Crippen molar-refractivity contribution in [3.63, 3.8) is 0 Å². The number of carbonyl (C=O) groups excluding carboxylic acids is 1. The molecule has 0 radical (unpaired) electrons. The van der Waals surface area contributed by atoms with Gasteiger partial charge >= 0.3 is 6.09 Å². The standard InChI is InChI=1S/C12H15BrN2O2S/c1-12(2,3)17-11(16)15-4-5-18-10-9(15)6-8(13)7-14-10/h6-7H,4-5H2,1-3H3. The molecule has 0 aromatic carbocycles. The SMILES string of the molecule is CC(C)(C)OC(=O)N1CCSc2ncc(Br)cc21. The van der Waals surface area contributed by atoms with Crippen LogP contribution >= 0.6 is 27.7 Å². The number of carbonyl (C=O) groups is 1. The van der Waals surface area contributed by atoms with Crippen LogP contribution in [0.2, 0.25) is 0 Å². The van der Waals surface area contributed by atoms with Crippen LogP contribution in [0, 0.1) is 0 Å². The third-order valence-corrected chi connectivity index (χ3v) is 3.67. The van der Waals surface area contributed by atoms with Gasteiger partial charge in [-0.05, 0) is 42.8 Å². The Morgan fingerprint density at radius 2 is 2.28 bits per heavy atom. The first-order valence-electron chi connectivity index (χ1n) is 5.66. The van der Waals surface area contributed by atoms with Gasteiger partial charge in [0.2, 0.25) is 0 Å². The van der Waals surface area contributed by atoms with E-state index in [4.69, 9.17) is 4.74 Å². The van der Waals surface area contributed by atoms with Crippen molar-refractivity contribution in [2.45, 2.75) is 31.4 Å². The molecule has 6 heteroatoms. The fourth-order valence-electron chi connectivity index (χ4n) is 1.58. The van der Waals surface area contributed by atoms with Crippen molar-refractivity contribution < 1.29 is 9.53 Å². The summed E-state index contributed by atoms with van der Waals surface area (Å²) in [6, 6.07) is 1.90. The molecule has 0 N–H and O–H groups in total. The molecule has 1 aliphatic rings. The molecule has 98 valence electrons. The summed E-state index contributed by atoms with van der Waals surface area (Å²) in [5.74, 6) is 0.834. The highest BCUT2D eigenvalue weighted by Crippen LogP contribution is 2.35. The van der Waals surface area contributed by atoms with Crippen LogP contribution in [0.15, 0.2) is 21.8 Å². The van der Waals surface area contributed by atoms with Gasteiger partial charge in [0, 0.05) is 23.0 Å². The average Bonchev–Trinajstić information content (AvgIpc) is 2.25. The van der Waals surface area contributed by atoms with Gasteiger partial charge in [-0.1, -0.05) is 0 Å². The topological polar surface area (TPSA) is 42.4 Å². The molecule has 1 aromatic rings. The number of nitrogens with zero attached hydrogens (tertiary/aromatic N) is 2. The molecule has 1 aliphatic heterocycles. The molecule has 4 nitrogen and oxygen atoms in total. The molecule has 0 aliphatic carbocycles. The molecule has 0 saturated heterocycles. The van der Waals surface area contributed by atoms with Crippen LogP contribution in [0.25, 0.3) is 0 Å². The van der Waals surface area contributed by atoms with Gasteiger partial charge in [0.1, 0.15) is 10.6 Å². The van der Waals surface area contributed by atoms with E-state index in [1.54, 1.807) is 22.9 Å².